The zero-order valence-electron chi connectivity index (χ0n) is 16.6. The summed E-state index contributed by atoms with van der Waals surface area (Å²) in [5.41, 5.74) is 2.09. The van der Waals surface area contributed by atoms with Crippen molar-refractivity contribution in [2.75, 3.05) is 17.3 Å². The topological polar surface area (TPSA) is 92.3 Å². The minimum Gasteiger partial charge on any atom is -0.340 e. The molecule has 29 heavy (non-hydrogen) atoms. The smallest absolute Gasteiger partial charge is 0.253 e. The number of hydrogen-bond donors (Lipinski definition) is 2. The van der Waals surface area contributed by atoms with E-state index in [0.29, 0.717) is 21.6 Å². The Hall–Kier alpha value is -2.19. The molecule has 0 saturated heterocycles. The predicted octanol–water partition coefficient (Wildman–Crippen LogP) is 3.74. The molecular weight excluding hydrogens is 456 g/mol. The van der Waals surface area contributed by atoms with Crippen LogP contribution in [-0.4, -0.2) is 38.3 Å². The maximum Gasteiger partial charge on any atom is 0.253 e. The molecule has 1 unspecified atom stereocenters. The average Bonchev–Trinajstić information content (AvgIpc) is 2.64. The lowest BCUT2D eigenvalue weighted by molar-refractivity contribution is -0.118. The Morgan fingerprint density at radius 2 is 1.66 bits per heavy atom. The molecule has 0 heterocycles. The van der Waals surface area contributed by atoms with E-state index in [4.69, 9.17) is 0 Å². The zero-order chi connectivity index (χ0) is 21.6. The number of carbonyl (C=O) groups is 2. The molecule has 2 rings (SSSR count). The van der Waals surface area contributed by atoms with Crippen LogP contribution in [0.4, 0.5) is 5.69 Å². The highest BCUT2D eigenvalue weighted by Crippen LogP contribution is 2.18. The van der Waals surface area contributed by atoms with Crippen LogP contribution in [0.3, 0.4) is 0 Å². The summed E-state index contributed by atoms with van der Waals surface area (Å²) < 4.78 is 23.7. The molecule has 2 aromatic rings. The molecule has 2 N–H and O–H groups in total. The minimum atomic E-state index is -3.29. The van der Waals surface area contributed by atoms with Crippen LogP contribution in [0.1, 0.15) is 42.1 Å². The molecule has 0 fully saturated rings. The van der Waals surface area contributed by atoms with Crippen LogP contribution >= 0.6 is 15.9 Å². The second kappa shape index (κ2) is 10.0. The number of halogens is 1. The fourth-order valence-electron chi connectivity index (χ4n) is 2.66. The highest BCUT2D eigenvalue weighted by Gasteiger charge is 2.24. The van der Waals surface area contributed by atoms with Gasteiger partial charge < -0.3 is 10.6 Å². The Bertz CT molecular complexity index is 972. The Morgan fingerprint density at radius 3 is 2.21 bits per heavy atom. The van der Waals surface area contributed by atoms with Gasteiger partial charge in [-0.25, -0.2) is 8.42 Å². The summed E-state index contributed by atoms with van der Waals surface area (Å²) in [6.45, 7) is 4.15. The second-order valence-electron chi connectivity index (χ2n) is 7.19. The third-order valence-electron chi connectivity index (χ3n) is 4.36. The van der Waals surface area contributed by atoms with E-state index in [2.05, 4.69) is 40.4 Å². The van der Waals surface area contributed by atoms with Crippen molar-refractivity contribution < 1.29 is 18.0 Å². The molecular formula is C21H25BrN2O4S. The molecule has 8 heteroatoms. The summed E-state index contributed by atoms with van der Waals surface area (Å²) in [6.07, 6.45) is 1.08. The van der Waals surface area contributed by atoms with E-state index in [0.717, 1.165) is 11.8 Å². The Kier molecular flexibility index (Phi) is 7.98. The zero-order valence-corrected chi connectivity index (χ0v) is 19.0. The van der Waals surface area contributed by atoms with Gasteiger partial charge in [-0.1, -0.05) is 38.1 Å². The maximum atomic E-state index is 12.8. The summed E-state index contributed by atoms with van der Waals surface area (Å²) in [5, 5.41) is 5.41. The molecule has 0 radical (unpaired) electrons. The third kappa shape index (κ3) is 7.29. The van der Waals surface area contributed by atoms with Gasteiger partial charge in [-0.05, 0) is 58.1 Å². The van der Waals surface area contributed by atoms with Crippen LogP contribution in [-0.2, 0) is 14.6 Å². The first-order valence-corrected chi connectivity index (χ1v) is 12.1. The number of nitrogens with one attached hydrogen (secondary N) is 2. The van der Waals surface area contributed by atoms with Gasteiger partial charge in [0.05, 0.1) is 11.3 Å². The van der Waals surface area contributed by atoms with Crippen molar-refractivity contribution in [2.45, 2.75) is 32.2 Å². The quantitative estimate of drug-likeness (QED) is 0.601. The largest absolute Gasteiger partial charge is 0.340 e. The van der Waals surface area contributed by atoms with Gasteiger partial charge in [0.15, 0.2) is 0 Å². The van der Waals surface area contributed by atoms with E-state index in [1.54, 1.807) is 36.4 Å². The van der Waals surface area contributed by atoms with Gasteiger partial charge in [0.1, 0.15) is 15.9 Å². The van der Waals surface area contributed by atoms with Gasteiger partial charge in [-0.15, -0.1) is 0 Å². The molecule has 2 aromatic carbocycles. The Morgan fingerprint density at radius 1 is 1.03 bits per heavy atom. The van der Waals surface area contributed by atoms with Gasteiger partial charge >= 0.3 is 0 Å². The van der Waals surface area contributed by atoms with Gasteiger partial charge in [0.25, 0.3) is 5.91 Å². The number of hydrogen-bond acceptors (Lipinski definition) is 4. The van der Waals surface area contributed by atoms with E-state index < -0.39 is 27.7 Å². The summed E-state index contributed by atoms with van der Waals surface area (Å²) in [4.78, 5) is 25.4. The van der Waals surface area contributed by atoms with Crippen molar-refractivity contribution in [1.29, 1.82) is 0 Å². The second-order valence-corrected chi connectivity index (χ2v) is 10.3. The van der Waals surface area contributed by atoms with Gasteiger partial charge in [-0.2, -0.15) is 0 Å². The van der Waals surface area contributed by atoms with Crippen molar-refractivity contribution in [3.05, 3.63) is 64.1 Å². The van der Waals surface area contributed by atoms with Gasteiger partial charge in [-0.3, -0.25) is 9.59 Å². The van der Waals surface area contributed by atoms with Crippen LogP contribution in [0.15, 0.2) is 53.0 Å². The molecule has 0 saturated carbocycles. The molecule has 0 aromatic heterocycles. The van der Waals surface area contributed by atoms with E-state index in [-0.39, 0.29) is 12.2 Å². The summed E-state index contributed by atoms with van der Waals surface area (Å²) in [6, 6.07) is 13.3. The molecule has 0 aliphatic rings. The minimum absolute atomic E-state index is 0.0229. The lowest BCUT2D eigenvalue weighted by Crippen LogP contribution is -2.44. The Labute approximate surface area is 180 Å². The van der Waals surface area contributed by atoms with Crippen LogP contribution < -0.4 is 10.6 Å². The lowest BCUT2D eigenvalue weighted by atomic mass is 10.0. The molecule has 6 nitrogen and oxygen atoms in total. The van der Waals surface area contributed by atoms with E-state index in [1.165, 1.54) is 0 Å². The highest BCUT2D eigenvalue weighted by molar-refractivity contribution is 9.10. The van der Waals surface area contributed by atoms with Crippen molar-refractivity contribution in [3.8, 4) is 0 Å². The van der Waals surface area contributed by atoms with Crippen LogP contribution in [0.25, 0.3) is 0 Å². The first-order valence-electron chi connectivity index (χ1n) is 9.21. The first-order chi connectivity index (χ1) is 13.6. The molecule has 0 aliphatic heterocycles. The van der Waals surface area contributed by atoms with E-state index in [9.17, 15) is 18.0 Å². The third-order valence-corrected chi connectivity index (χ3v) is 6.03. The summed E-state index contributed by atoms with van der Waals surface area (Å²) in [5.74, 6) is -0.772. The number of amides is 2. The lowest BCUT2D eigenvalue weighted by Gasteiger charge is -2.19. The maximum absolute atomic E-state index is 12.8. The van der Waals surface area contributed by atoms with Gasteiger partial charge in [0.2, 0.25) is 5.91 Å². The molecule has 0 spiro atoms. The Balaban J connectivity index is 2.16. The number of anilines is 1. The molecule has 0 bridgehead atoms. The highest BCUT2D eigenvalue weighted by atomic mass is 79.9. The molecule has 156 valence electrons. The van der Waals surface area contributed by atoms with Crippen molar-refractivity contribution in [3.63, 3.8) is 0 Å². The summed E-state index contributed by atoms with van der Waals surface area (Å²) in [7, 11) is -3.29. The fraction of sp³-hybridized carbons (Fsp3) is 0.333. The summed E-state index contributed by atoms with van der Waals surface area (Å²) >= 11 is 3.31. The van der Waals surface area contributed by atoms with E-state index >= 15 is 0 Å². The average molecular weight is 481 g/mol. The number of benzene rings is 2. The molecule has 2 amide bonds. The molecule has 0 aliphatic carbocycles. The van der Waals surface area contributed by atoms with Crippen LogP contribution in [0.2, 0.25) is 0 Å². The standard InChI is InChI=1S/C21H25BrN2O4S/c1-14(2)15-8-10-16(11-9-15)23-21(26)19(12-13-29(3,27)28)24-20(25)17-6-4-5-7-18(17)22/h4-11,14,19H,12-13H2,1-3H3,(H,23,26)(H,24,25). The van der Waals surface area contributed by atoms with Crippen molar-refractivity contribution in [1.82, 2.24) is 5.32 Å². The fourth-order valence-corrected chi connectivity index (χ4v) is 3.79. The van der Waals surface area contributed by atoms with Crippen LogP contribution in [0.5, 0.6) is 0 Å². The normalized spacial score (nSPS) is 12.4. The monoisotopic (exact) mass is 480 g/mol. The van der Waals surface area contributed by atoms with E-state index in [1.807, 2.05) is 12.1 Å². The number of sulfone groups is 1. The van der Waals surface area contributed by atoms with Gasteiger partial charge in [0, 0.05) is 16.4 Å². The predicted molar refractivity (Wildman–Crippen MR) is 119 cm³/mol. The van der Waals surface area contributed by atoms with Crippen molar-refractivity contribution in [2.24, 2.45) is 0 Å². The number of carbonyl (C=O) groups excluding carboxylic acids is 2. The van der Waals surface area contributed by atoms with Crippen LogP contribution in [0, 0.1) is 0 Å². The first kappa shape index (κ1) is 23.1. The van der Waals surface area contributed by atoms with Crippen molar-refractivity contribution >= 4 is 43.3 Å². The number of rotatable bonds is 8. The SMILES string of the molecule is CC(C)c1ccc(NC(=O)C(CCS(C)(=O)=O)NC(=O)c2ccccc2Br)cc1. The molecule has 1 atom stereocenters.